The summed E-state index contributed by atoms with van der Waals surface area (Å²) in [4.78, 5) is 10.4. The molecule has 84 valence electrons. The Kier molecular flexibility index (Phi) is 8.33. The second-order valence-corrected chi connectivity index (χ2v) is 3.60. The smallest absolute Gasteiger partial charge is 0.312 e. The fourth-order valence-electron chi connectivity index (χ4n) is 1.16. The lowest BCUT2D eigenvalue weighted by molar-refractivity contribution is 0.128. The van der Waals surface area contributed by atoms with Gasteiger partial charge in [-0.15, -0.1) is 0 Å². The van der Waals surface area contributed by atoms with Crippen molar-refractivity contribution in [3.63, 3.8) is 0 Å². The molecule has 0 aromatic carbocycles. The van der Waals surface area contributed by atoms with Crippen molar-refractivity contribution in [3.8, 4) is 0 Å². The van der Waals surface area contributed by atoms with Crippen molar-refractivity contribution in [2.75, 3.05) is 19.8 Å². The maximum Gasteiger partial charge on any atom is 0.312 e. The first-order valence-corrected chi connectivity index (χ1v) is 5.27. The Balaban J connectivity index is 3.18. The molecule has 0 saturated carbocycles. The molecule has 0 aromatic heterocycles. The summed E-state index contributed by atoms with van der Waals surface area (Å²) in [5.74, 6) is 0.465. The molecule has 4 heteroatoms. The first kappa shape index (κ1) is 13.2. The second-order valence-electron chi connectivity index (χ2n) is 3.60. The number of hydrogen-bond acceptors (Lipinski definition) is 2. The van der Waals surface area contributed by atoms with Crippen molar-refractivity contribution in [2.24, 2.45) is 11.7 Å². The lowest BCUT2D eigenvalue weighted by atomic mass is 10.1. The van der Waals surface area contributed by atoms with Crippen molar-refractivity contribution >= 4 is 6.03 Å². The molecule has 0 saturated heterocycles. The Morgan fingerprint density at radius 2 is 2.21 bits per heavy atom. The lowest BCUT2D eigenvalue weighted by Crippen LogP contribution is -2.32. The van der Waals surface area contributed by atoms with E-state index in [1.165, 1.54) is 0 Å². The molecule has 1 atom stereocenters. The number of ether oxygens (including phenoxy) is 1. The van der Waals surface area contributed by atoms with Gasteiger partial charge in [-0.2, -0.15) is 0 Å². The van der Waals surface area contributed by atoms with Crippen LogP contribution in [-0.4, -0.2) is 25.8 Å². The van der Waals surface area contributed by atoms with E-state index in [-0.39, 0.29) is 0 Å². The Bertz CT molecular complexity index is 151. The van der Waals surface area contributed by atoms with E-state index < -0.39 is 6.03 Å². The maximum atomic E-state index is 10.4. The summed E-state index contributed by atoms with van der Waals surface area (Å²) in [5.41, 5.74) is 4.96. The van der Waals surface area contributed by atoms with Crippen LogP contribution < -0.4 is 11.1 Å². The zero-order valence-electron chi connectivity index (χ0n) is 9.21. The largest absolute Gasteiger partial charge is 0.381 e. The molecular formula is C10H22N2O2. The van der Waals surface area contributed by atoms with E-state index in [9.17, 15) is 4.79 Å². The van der Waals surface area contributed by atoms with E-state index in [0.717, 1.165) is 32.5 Å². The van der Waals surface area contributed by atoms with Crippen LogP contribution in [0.3, 0.4) is 0 Å². The number of rotatable bonds is 8. The molecule has 0 aliphatic carbocycles. The number of nitrogens with one attached hydrogen (secondary N) is 1. The van der Waals surface area contributed by atoms with Gasteiger partial charge in [0, 0.05) is 19.8 Å². The number of primary amides is 1. The molecule has 0 aromatic rings. The van der Waals surface area contributed by atoms with Crippen LogP contribution in [0.1, 0.15) is 33.1 Å². The van der Waals surface area contributed by atoms with Crippen LogP contribution in [0.15, 0.2) is 0 Å². The number of amides is 2. The molecular weight excluding hydrogens is 180 g/mol. The van der Waals surface area contributed by atoms with Crippen molar-refractivity contribution in [2.45, 2.75) is 33.1 Å². The van der Waals surface area contributed by atoms with Gasteiger partial charge in [-0.05, 0) is 25.2 Å². The van der Waals surface area contributed by atoms with Crippen LogP contribution in [0.2, 0.25) is 0 Å². The summed E-state index contributed by atoms with van der Waals surface area (Å²) >= 11 is 0. The van der Waals surface area contributed by atoms with Gasteiger partial charge in [-0.1, -0.05) is 13.8 Å². The molecule has 3 N–H and O–H groups in total. The van der Waals surface area contributed by atoms with E-state index in [1.54, 1.807) is 0 Å². The van der Waals surface area contributed by atoms with Gasteiger partial charge < -0.3 is 15.8 Å². The predicted octanol–water partition coefficient (Wildman–Crippen LogP) is 1.50. The molecule has 0 rings (SSSR count). The number of carbonyl (C=O) groups is 1. The third kappa shape index (κ3) is 9.32. The van der Waals surface area contributed by atoms with Gasteiger partial charge in [-0.25, -0.2) is 4.79 Å². The van der Waals surface area contributed by atoms with Gasteiger partial charge >= 0.3 is 6.03 Å². The quantitative estimate of drug-likeness (QED) is 0.586. The molecule has 14 heavy (non-hydrogen) atoms. The minimum atomic E-state index is -0.445. The number of urea groups is 1. The highest BCUT2D eigenvalue weighted by Crippen LogP contribution is 2.04. The van der Waals surface area contributed by atoms with E-state index in [4.69, 9.17) is 10.5 Å². The zero-order chi connectivity index (χ0) is 10.8. The Labute approximate surface area is 86.2 Å². The second kappa shape index (κ2) is 8.81. The topological polar surface area (TPSA) is 64.3 Å². The van der Waals surface area contributed by atoms with E-state index >= 15 is 0 Å². The van der Waals surface area contributed by atoms with Crippen LogP contribution in [0, 0.1) is 5.92 Å². The molecule has 0 fully saturated rings. The molecule has 4 nitrogen and oxygen atoms in total. The van der Waals surface area contributed by atoms with Gasteiger partial charge in [-0.3, -0.25) is 0 Å². The average Bonchev–Trinajstić information content (AvgIpc) is 2.14. The highest BCUT2D eigenvalue weighted by molar-refractivity contribution is 5.71. The third-order valence-corrected chi connectivity index (χ3v) is 1.96. The number of carbonyl (C=O) groups excluding carboxylic acids is 1. The zero-order valence-corrected chi connectivity index (χ0v) is 9.21. The van der Waals surface area contributed by atoms with Crippen molar-refractivity contribution < 1.29 is 9.53 Å². The van der Waals surface area contributed by atoms with Crippen molar-refractivity contribution in [3.05, 3.63) is 0 Å². The Morgan fingerprint density at radius 3 is 2.79 bits per heavy atom. The number of nitrogens with two attached hydrogens (primary N) is 1. The van der Waals surface area contributed by atoms with Gasteiger partial charge in [0.1, 0.15) is 0 Å². The van der Waals surface area contributed by atoms with E-state index in [1.807, 2.05) is 0 Å². The summed E-state index contributed by atoms with van der Waals surface area (Å²) in [6.07, 6.45) is 3.17. The fourth-order valence-corrected chi connectivity index (χ4v) is 1.16. The number of hydrogen-bond donors (Lipinski definition) is 2. The molecule has 0 heterocycles. The van der Waals surface area contributed by atoms with Crippen LogP contribution >= 0.6 is 0 Å². The van der Waals surface area contributed by atoms with Crippen molar-refractivity contribution in [1.82, 2.24) is 5.32 Å². The first-order chi connectivity index (χ1) is 6.66. The SMILES string of the molecule is CCCOCCCC(C)CNC(N)=O. The molecule has 0 aliphatic heterocycles. The normalized spacial score (nSPS) is 12.4. The predicted molar refractivity (Wildman–Crippen MR) is 57.1 cm³/mol. The summed E-state index contributed by atoms with van der Waals surface area (Å²) in [7, 11) is 0. The molecule has 2 amide bonds. The van der Waals surface area contributed by atoms with Crippen molar-refractivity contribution in [1.29, 1.82) is 0 Å². The highest BCUT2D eigenvalue weighted by atomic mass is 16.5. The highest BCUT2D eigenvalue weighted by Gasteiger charge is 2.02. The molecule has 0 radical (unpaired) electrons. The van der Waals surface area contributed by atoms with Gasteiger partial charge in [0.05, 0.1) is 0 Å². The van der Waals surface area contributed by atoms with Crippen LogP contribution in [-0.2, 0) is 4.74 Å². The fraction of sp³-hybridized carbons (Fsp3) is 0.900. The van der Waals surface area contributed by atoms with Gasteiger partial charge in [0.25, 0.3) is 0 Å². The summed E-state index contributed by atoms with van der Waals surface area (Å²) in [6, 6.07) is -0.445. The molecule has 0 spiro atoms. The van der Waals surface area contributed by atoms with Gasteiger partial charge in [0.2, 0.25) is 0 Å². The standard InChI is InChI=1S/C10H22N2O2/c1-3-6-14-7-4-5-9(2)8-12-10(11)13/h9H,3-8H2,1-2H3,(H3,11,12,13). The molecule has 0 aliphatic rings. The summed E-state index contributed by atoms with van der Waals surface area (Å²) < 4.78 is 5.35. The minimum Gasteiger partial charge on any atom is -0.381 e. The van der Waals surface area contributed by atoms with Gasteiger partial charge in [0.15, 0.2) is 0 Å². The van der Waals surface area contributed by atoms with E-state index in [0.29, 0.717) is 12.5 Å². The summed E-state index contributed by atoms with van der Waals surface area (Å²) in [5, 5.41) is 2.60. The maximum absolute atomic E-state index is 10.4. The van der Waals surface area contributed by atoms with Crippen LogP contribution in [0.25, 0.3) is 0 Å². The average molecular weight is 202 g/mol. The summed E-state index contributed by atoms with van der Waals surface area (Å²) in [6.45, 7) is 6.50. The Hall–Kier alpha value is -0.770. The minimum absolute atomic E-state index is 0.445. The third-order valence-electron chi connectivity index (χ3n) is 1.96. The molecule has 0 bridgehead atoms. The lowest BCUT2D eigenvalue weighted by Gasteiger charge is -2.11. The van der Waals surface area contributed by atoms with Crippen LogP contribution in [0.4, 0.5) is 4.79 Å². The van der Waals surface area contributed by atoms with E-state index in [2.05, 4.69) is 19.2 Å². The monoisotopic (exact) mass is 202 g/mol. The van der Waals surface area contributed by atoms with Crippen LogP contribution in [0.5, 0.6) is 0 Å². The first-order valence-electron chi connectivity index (χ1n) is 5.27. The Morgan fingerprint density at radius 1 is 1.50 bits per heavy atom. The molecule has 1 unspecified atom stereocenters.